The molecule has 0 aliphatic rings. The molecule has 0 fully saturated rings. The first-order valence-corrected chi connectivity index (χ1v) is 5.74. The predicted molar refractivity (Wildman–Crippen MR) is 60.3 cm³/mol. The monoisotopic (exact) mass is 211 g/mol. The summed E-state index contributed by atoms with van der Waals surface area (Å²) in [5.41, 5.74) is 0.867. The van der Waals surface area contributed by atoms with Crippen molar-refractivity contribution in [3.05, 3.63) is 23.9 Å². The van der Waals surface area contributed by atoms with E-state index in [0.29, 0.717) is 11.2 Å². The van der Waals surface area contributed by atoms with Gasteiger partial charge in [-0.15, -0.1) is 11.8 Å². The molecule has 1 unspecified atom stereocenters. The van der Waals surface area contributed by atoms with Gasteiger partial charge in [-0.2, -0.15) is 0 Å². The molecule has 14 heavy (non-hydrogen) atoms. The highest BCUT2D eigenvalue weighted by atomic mass is 32.2. The lowest BCUT2D eigenvalue weighted by atomic mass is 10.2. The first kappa shape index (κ1) is 11.5. The molecule has 1 N–H and O–H groups in total. The molecule has 0 amide bonds. The number of pyridine rings is 1. The summed E-state index contributed by atoms with van der Waals surface area (Å²) >= 11 is 1.78. The van der Waals surface area contributed by atoms with E-state index in [2.05, 4.69) is 25.8 Å². The van der Waals surface area contributed by atoms with Gasteiger partial charge in [0.2, 0.25) is 0 Å². The van der Waals surface area contributed by atoms with E-state index in [-0.39, 0.29) is 6.61 Å². The molecular weight excluding hydrogens is 194 g/mol. The summed E-state index contributed by atoms with van der Waals surface area (Å²) in [6.07, 6.45) is 1.73. The Labute approximate surface area is 89.8 Å². The van der Waals surface area contributed by atoms with Crippen LogP contribution in [0.15, 0.2) is 23.4 Å². The van der Waals surface area contributed by atoms with Gasteiger partial charge in [-0.25, -0.2) is 4.98 Å². The average Bonchev–Trinajstić information content (AvgIpc) is 2.19. The second kappa shape index (κ2) is 5.37. The van der Waals surface area contributed by atoms with Crippen LogP contribution in [0.2, 0.25) is 0 Å². The Morgan fingerprint density at radius 2 is 2.07 bits per heavy atom. The molecule has 0 spiro atoms. The zero-order valence-electron chi connectivity index (χ0n) is 8.90. The minimum atomic E-state index is 0.0671. The second-order valence-electron chi connectivity index (χ2n) is 3.73. The molecule has 0 aliphatic carbocycles. The van der Waals surface area contributed by atoms with Crippen molar-refractivity contribution in [2.45, 2.75) is 37.7 Å². The topological polar surface area (TPSA) is 33.1 Å². The molecule has 1 atom stereocenters. The van der Waals surface area contributed by atoms with Crippen molar-refractivity contribution in [3.63, 3.8) is 0 Å². The summed E-state index contributed by atoms with van der Waals surface area (Å²) in [6, 6.07) is 3.89. The van der Waals surface area contributed by atoms with E-state index in [0.717, 1.165) is 10.6 Å². The minimum absolute atomic E-state index is 0.0671. The first-order valence-electron chi connectivity index (χ1n) is 4.86. The largest absolute Gasteiger partial charge is 0.392 e. The van der Waals surface area contributed by atoms with Crippen LogP contribution in [-0.2, 0) is 6.61 Å². The van der Waals surface area contributed by atoms with Crippen LogP contribution >= 0.6 is 11.8 Å². The van der Waals surface area contributed by atoms with Crippen molar-refractivity contribution in [2.24, 2.45) is 5.92 Å². The molecule has 1 aromatic rings. The molecule has 0 saturated carbocycles. The first-order chi connectivity index (χ1) is 6.63. The number of aromatic nitrogens is 1. The highest BCUT2D eigenvalue weighted by molar-refractivity contribution is 7.99. The van der Waals surface area contributed by atoms with Crippen molar-refractivity contribution in [1.82, 2.24) is 4.98 Å². The van der Waals surface area contributed by atoms with Gasteiger partial charge in [-0.3, -0.25) is 0 Å². The van der Waals surface area contributed by atoms with E-state index in [1.165, 1.54) is 0 Å². The standard InChI is InChI=1S/C11H17NOS/c1-8(2)9(3)14-11-5-4-10(7-13)6-12-11/h4-6,8-9,13H,7H2,1-3H3. The van der Waals surface area contributed by atoms with Gasteiger partial charge in [-0.1, -0.05) is 26.8 Å². The summed E-state index contributed by atoms with van der Waals surface area (Å²) in [7, 11) is 0. The maximum absolute atomic E-state index is 8.85. The fourth-order valence-corrected chi connectivity index (χ4v) is 1.81. The average molecular weight is 211 g/mol. The molecule has 1 rings (SSSR count). The second-order valence-corrected chi connectivity index (χ2v) is 5.13. The van der Waals surface area contributed by atoms with Gasteiger partial charge in [0.15, 0.2) is 0 Å². The highest BCUT2D eigenvalue weighted by Gasteiger charge is 2.09. The number of nitrogens with zero attached hydrogens (tertiary/aromatic N) is 1. The van der Waals surface area contributed by atoms with Gasteiger partial charge in [-0.05, 0) is 17.5 Å². The van der Waals surface area contributed by atoms with Crippen LogP contribution in [0.4, 0.5) is 0 Å². The van der Waals surface area contributed by atoms with E-state index in [4.69, 9.17) is 5.11 Å². The van der Waals surface area contributed by atoms with Gasteiger partial charge < -0.3 is 5.11 Å². The quantitative estimate of drug-likeness (QED) is 0.777. The van der Waals surface area contributed by atoms with Crippen LogP contribution in [-0.4, -0.2) is 15.3 Å². The van der Waals surface area contributed by atoms with Gasteiger partial charge in [0.1, 0.15) is 0 Å². The van der Waals surface area contributed by atoms with Gasteiger partial charge in [0.05, 0.1) is 11.6 Å². The number of aliphatic hydroxyl groups is 1. The number of rotatable bonds is 4. The molecular formula is C11H17NOS. The van der Waals surface area contributed by atoms with Crippen LogP contribution in [0.5, 0.6) is 0 Å². The van der Waals surface area contributed by atoms with Crippen molar-refractivity contribution in [2.75, 3.05) is 0 Å². The lowest BCUT2D eigenvalue weighted by Gasteiger charge is -2.13. The Kier molecular flexibility index (Phi) is 4.42. The predicted octanol–water partition coefficient (Wildman–Crippen LogP) is 2.71. The molecule has 0 bridgehead atoms. The van der Waals surface area contributed by atoms with Crippen LogP contribution in [0.1, 0.15) is 26.3 Å². The normalized spacial score (nSPS) is 13.2. The maximum atomic E-state index is 8.85. The van der Waals surface area contributed by atoms with E-state index in [1.54, 1.807) is 18.0 Å². The Balaban J connectivity index is 2.59. The minimum Gasteiger partial charge on any atom is -0.392 e. The van der Waals surface area contributed by atoms with Crippen molar-refractivity contribution in [1.29, 1.82) is 0 Å². The van der Waals surface area contributed by atoms with Crippen LogP contribution in [0.25, 0.3) is 0 Å². The molecule has 0 saturated heterocycles. The fraction of sp³-hybridized carbons (Fsp3) is 0.545. The summed E-state index contributed by atoms with van der Waals surface area (Å²) < 4.78 is 0. The number of hydrogen-bond donors (Lipinski definition) is 1. The third-order valence-electron chi connectivity index (χ3n) is 2.23. The Morgan fingerprint density at radius 1 is 1.36 bits per heavy atom. The number of thioether (sulfide) groups is 1. The molecule has 0 aromatic carbocycles. The van der Waals surface area contributed by atoms with Gasteiger partial charge in [0.25, 0.3) is 0 Å². The number of aliphatic hydroxyl groups excluding tert-OH is 1. The van der Waals surface area contributed by atoms with E-state index >= 15 is 0 Å². The van der Waals surface area contributed by atoms with Crippen molar-refractivity contribution in [3.8, 4) is 0 Å². The Bertz CT molecular complexity index is 271. The molecule has 3 heteroatoms. The highest BCUT2D eigenvalue weighted by Crippen LogP contribution is 2.25. The molecule has 2 nitrogen and oxygen atoms in total. The van der Waals surface area contributed by atoms with Gasteiger partial charge in [0, 0.05) is 11.4 Å². The summed E-state index contributed by atoms with van der Waals surface area (Å²) in [5, 5.41) is 10.5. The van der Waals surface area contributed by atoms with Crippen LogP contribution in [0.3, 0.4) is 0 Å². The SMILES string of the molecule is CC(C)C(C)Sc1ccc(CO)cn1. The third-order valence-corrected chi connectivity index (χ3v) is 3.62. The van der Waals surface area contributed by atoms with Crippen LogP contribution < -0.4 is 0 Å². The lowest BCUT2D eigenvalue weighted by Crippen LogP contribution is -2.05. The molecule has 1 heterocycles. The number of hydrogen-bond acceptors (Lipinski definition) is 3. The van der Waals surface area contributed by atoms with E-state index in [1.807, 2.05) is 12.1 Å². The maximum Gasteiger partial charge on any atom is 0.0962 e. The summed E-state index contributed by atoms with van der Waals surface area (Å²) in [6.45, 7) is 6.69. The Hall–Kier alpha value is -0.540. The van der Waals surface area contributed by atoms with E-state index in [9.17, 15) is 0 Å². The zero-order valence-corrected chi connectivity index (χ0v) is 9.71. The van der Waals surface area contributed by atoms with E-state index < -0.39 is 0 Å². The Morgan fingerprint density at radius 3 is 2.50 bits per heavy atom. The molecule has 1 aromatic heterocycles. The smallest absolute Gasteiger partial charge is 0.0962 e. The lowest BCUT2D eigenvalue weighted by molar-refractivity contribution is 0.281. The fourth-order valence-electron chi connectivity index (χ4n) is 0.901. The molecule has 0 aliphatic heterocycles. The van der Waals surface area contributed by atoms with Crippen molar-refractivity contribution < 1.29 is 5.11 Å². The zero-order chi connectivity index (χ0) is 10.6. The molecule has 0 radical (unpaired) electrons. The van der Waals surface area contributed by atoms with Gasteiger partial charge >= 0.3 is 0 Å². The van der Waals surface area contributed by atoms with Crippen molar-refractivity contribution >= 4 is 11.8 Å². The third kappa shape index (κ3) is 3.31. The molecule has 78 valence electrons. The summed E-state index contributed by atoms with van der Waals surface area (Å²) in [4.78, 5) is 4.27. The summed E-state index contributed by atoms with van der Waals surface area (Å²) in [5.74, 6) is 0.652. The van der Waals surface area contributed by atoms with Crippen LogP contribution in [0, 0.1) is 5.92 Å².